The van der Waals surface area contributed by atoms with Crippen LogP contribution in [0.1, 0.15) is 39.2 Å². The normalized spacial score (nSPS) is 34.0. The van der Waals surface area contributed by atoms with Crippen LogP contribution in [0.15, 0.2) is 30.3 Å². The van der Waals surface area contributed by atoms with E-state index < -0.39 is 17.1 Å². The number of morpholine rings is 1. The molecule has 0 unspecified atom stereocenters. The van der Waals surface area contributed by atoms with E-state index in [2.05, 4.69) is 12.2 Å². The number of carbonyl (C=O) groups excluding carboxylic acids is 2. The fraction of sp³-hybridized carbons (Fsp3) is 0.600. The molecule has 1 saturated carbocycles. The quantitative estimate of drug-likeness (QED) is 0.852. The summed E-state index contributed by atoms with van der Waals surface area (Å²) in [6.45, 7) is 6.63. The number of hydrogen-bond acceptors (Lipinski definition) is 4. The highest BCUT2D eigenvalue weighted by atomic mass is 16.6. The standard InChI is InChI=1S/C20H27NO4/c1-18(2)19(3,13-24-4)10-11-20(18)17(23)21-15(16(22)25-20)12-14-8-6-5-7-9-14/h5-9,15H,10-13H2,1-4H3,(H,21,23)/t15-,19-,20+/m0/s1. The molecular weight excluding hydrogens is 318 g/mol. The first kappa shape index (κ1) is 17.9. The maximum atomic E-state index is 13.0. The van der Waals surface area contributed by atoms with E-state index in [0.29, 0.717) is 19.4 Å². The Kier molecular flexibility index (Phi) is 4.40. The van der Waals surface area contributed by atoms with Gasteiger partial charge in [0.05, 0.1) is 6.61 Å². The first-order chi connectivity index (χ1) is 11.8. The van der Waals surface area contributed by atoms with Crippen molar-refractivity contribution in [2.45, 2.75) is 51.7 Å². The summed E-state index contributed by atoms with van der Waals surface area (Å²) >= 11 is 0. The van der Waals surface area contributed by atoms with Gasteiger partial charge in [-0.3, -0.25) is 4.79 Å². The van der Waals surface area contributed by atoms with Crippen molar-refractivity contribution in [3.63, 3.8) is 0 Å². The van der Waals surface area contributed by atoms with Gasteiger partial charge in [-0.1, -0.05) is 51.1 Å². The molecule has 1 spiro atoms. The molecule has 1 saturated heterocycles. The third-order valence-electron chi connectivity index (χ3n) is 6.52. The molecule has 3 rings (SSSR count). The summed E-state index contributed by atoms with van der Waals surface area (Å²) in [7, 11) is 1.66. The summed E-state index contributed by atoms with van der Waals surface area (Å²) in [5, 5.41) is 2.93. The lowest BCUT2D eigenvalue weighted by atomic mass is 9.63. The third kappa shape index (κ3) is 2.65. The lowest BCUT2D eigenvalue weighted by Gasteiger charge is -2.49. The maximum Gasteiger partial charge on any atom is 0.330 e. The number of carbonyl (C=O) groups is 2. The van der Waals surface area contributed by atoms with Gasteiger partial charge in [0.2, 0.25) is 0 Å². The minimum Gasteiger partial charge on any atom is -0.447 e. The van der Waals surface area contributed by atoms with Crippen molar-refractivity contribution >= 4 is 11.9 Å². The SMILES string of the molecule is COC[C@]1(C)CC[C@]2(OC(=O)[C@H](Cc3ccccc3)NC2=O)C1(C)C. The van der Waals surface area contributed by atoms with Gasteiger partial charge in [0.15, 0.2) is 5.60 Å². The van der Waals surface area contributed by atoms with Crippen molar-refractivity contribution in [2.75, 3.05) is 13.7 Å². The fourth-order valence-electron chi connectivity index (χ4n) is 4.32. The summed E-state index contributed by atoms with van der Waals surface area (Å²) in [5.41, 5.74) is -0.875. The molecule has 1 aliphatic heterocycles. The number of benzene rings is 1. The Balaban J connectivity index is 1.83. The lowest BCUT2D eigenvalue weighted by molar-refractivity contribution is -0.197. The summed E-state index contributed by atoms with van der Waals surface area (Å²) in [5.74, 6) is -0.531. The van der Waals surface area contributed by atoms with Crippen LogP contribution in [0, 0.1) is 10.8 Å². The molecule has 2 fully saturated rings. The van der Waals surface area contributed by atoms with Crippen LogP contribution in [0.2, 0.25) is 0 Å². The van der Waals surface area contributed by atoms with Crippen molar-refractivity contribution in [1.82, 2.24) is 5.32 Å². The number of hydrogen-bond donors (Lipinski definition) is 1. The zero-order chi connectivity index (χ0) is 18.3. The number of rotatable bonds is 4. The molecule has 1 aliphatic carbocycles. The van der Waals surface area contributed by atoms with Crippen LogP contribution in [-0.2, 0) is 25.5 Å². The summed E-state index contributed by atoms with van der Waals surface area (Å²) < 4.78 is 11.3. The van der Waals surface area contributed by atoms with Crippen LogP contribution in [0.25, 0.3) is 0 Å². The van der Waals surface area contributed by atoms with Crippen molar-refractivity contribution < 1.29 is 19.1 Å². The first-order valence-corrected chi connectivity index (χ1v) is 8.82. The highest BCUT2D eigenvalue weighted by Crippen LogP contribution is 2.60. The van der Waals surface area contributed by atoms with Gasteiger partial charge in [-0.25, -0.2) is 4.79 Å². The number of amides is 1. The summed E-state index contributed by atoms with van der Waals surface area (Å²) in [6, 6.07) is 9.02. The van der Waals surface area contributed by atoms with E-state index in [1.54, 1.807) is 7.11 Å². The molecule has 5 heteroatoms. The van der Waals surface area contributed by atoms with Gasteiger partial charge in [-0.05, 0) is 18.4 Å². The Morgan fingerprint density at radius 3 is 2.48 bits per heavy atom. The lowest BCUT2D eigenvalue weighted by Crippen LogP contribution is -2.67. The van der Waals surface area contributed by atoms with Crippen LogP contribution >= 0.6 is 0 Å². The number of methoxy groups -OCH3 is 1. The third-order valence-corrected chi connectivity index (χ3v) is 6.52. The van der Waals surface area contributed by atoms with Gasteiger partial charge in [-0.2, -0.15) is 0 Å². The Bertz CT molecular complexity index is 672. The molecule has 0 radical (unpaired) electrons. The average molecular weight is 345 g/mol. The predicted molar refractivity (Wildman–Crippen MR) is 93.9 cm³/mol. The highest BCUT2D eigenvalue weighted by molar-refractivity contribution is 5.96. The second-order valence-corrected chi connectivity index (χ2v) is 8.08. The average Bonchev–Trinajstić information content (AvgIpc) is 2.75. The monoisotopic (exact) mass is 345 g/mol. The molecule has 1 aromatic rings. The molecule has 3 atom stereocenters. The van der Waals surface area contributed by atoms with Crippen LogP contribution in [-0.4, -0.2) is 37.2 Å². The van der Waals surface area contributed by atoms with E-state index in [0.717, 1.165) is 12.0 Å². The maximum absolute atomic E-state index is 13.0. The largest absolute Gasteiger partial charge is 0.447 e. The molecule has 1 aromatic carbocycles. The van der Waals surface area contributed by atoms with Crippen molar-refractivity contribution in [2.24, 2.45) is 10.8 Å². The van der Waals surface area contributed by atoms with Gasteiger partial charge in [0, 0.05) is 24.4 Å². The van der Waals surface area contributed by atoms with Crippen molar-refractivity contribution in [1.29, 1.82) is 0 Å². The first-order valence-electron chi connectivity index (χ1n) is 8.82. The van der Waals surface area contributed by atoms with E-state index in [1.165, 1.54) is 0 Å². The van der Waals surface area contributed by atoms with Gasteiger partial charge in [0.1, 0.15) is 6.04 Å². The topological polar surface area (TPSA) is 64.6 Å². The molecular formula is C20H27NO4. The van der Waals surface area contributed by atoms with Crippen LogP contribution in [0.3, 0.4) is 0 Å². The molecule has 5 nitrogen and oxygen atoms in total. The molecule has 1 N–H and O–H groups in total. The Hall–Kier alpha value is -1.88. The summed E-state index contributed by atoms with van der Waals surface area (Å²) in [6.07, 6.45) is 1.74. The fourth-order valence-corrected chi connectivity index (χ4v) is 4.32. The Morgan fingerprint density at radius 1 is 1.16 bits per heavy atom. The van der Waals surface area contributed by atoms with E-state index >= 15 is 0 Å². The van der Waals surface area contributed by atoms with Gasteiger partial charge in [-0.15, -0.1) is 0 Å². The number of esters is 1. The van der Waals surface area contributed by atoms with Gasteiger partial charge in [0.25, 0.3) is 5.91 Å². The smallest absolute Gasteiger partial charge is 0.330 e. The molecule has 0 aromatic heterocycles. The molecule has 136 valence electrons. The summed E-state index contributed by atoms with van der Waals surface area (Å²) in [4.78, 5) is 25.7. The van der Waals surface area contributed by atoms with Crippen molar-refractivity contribution in [3.8, 4) is 0 Å². The number of nitrogens with one attached hydrogen (secondary N) is 1. The van der Waals surface area contributed by atoms with Gasteiger partial charge >= 0.3 is 5.97 Å². The zero-order valence-electron chi connectivity index (χ0n) is 15.4. The molecule has 1 heterocycles. The minimum atomic E-state index is -1.12. The molecule has 0 bridgehead atoms. The van der Waals surface area contributed by atoms with E-state index in [-0.39, 0.29) is 17.3 Å². The van der Waals surface area contributed by atoms with E-state index in [1.807, 2.05) is 44.2 Å². The second kappa shape index (κ2) is 6.13. The molecule has 2 aliphatic rings. The minimum absolute atomic E-state index is 0.183. The predicted octanol–water partition coefficient (Wildman–Crippen LogP) is 2.48. The van der Waals surface area contributed by atoms with E-state index in [9.17, 15) is 9.59 Å². The zero-order valence-corrected chi connectivity index (χ0v) is 15.4. The highest BCUT2D eigenvalue weighted by Gasteiger charge is 2.68. The van der Waals surface area contributed by atoms with Crippen LogP contribution in [0.5, 0.6) is 0 Å². The Labute approximate surface area is 149 Å². The Morgan fingerprint density at radius 2 is 1.84 bits per heavy atom. The molecule has 25 heavy (non-hydrogen) atoms. The van der Waals surface area contributed by atoms with Crippen LogP contribution < -0.4 is 5.32 Å². The van der Waals surface area contributed by atoms with E-state index in [4.69, 9.17) is 9.47 Å². The van der Waals surface area contributed by atoms with Crippen LogP contribution in [0.4, 0.5) is 0 Å². The molecule has 1 amide bonds. The van der Waals surface area contributed by atoms with Crippen molar-refractivity contribution in [3.05, 3.63) is 35.9 Å². The number of ether oxygens (including phenoxy) is 2. The second-order valence-electron chi connectivity index (χ2n) is 8.08. The van der Waals surface area contributed by atoms with Gasteiger partial charge < -0.3 is 14.8 Å².